The Balaban J connectivity index is 2.59. The van der Waals surface area contributed by atoms with E-state index >= 15 is 0 Å². The molecule has 0 N–H and O–H groups in total. The molecule has 1 heterocycles. The molecule has 1 aliphatic heterocycles. The van der Waals surface area contributed by atoms with Crippen molar-refractivity contribution in [3.63, 3.8) is 0 Å². The molecule has 0 spiro atoms. The fraction of sp³-hybridized carbons (Fsp3) is 0.917. The Morgan fingerprint density at radius 1 is 0.929 bits per heavy atom. The molecule has 2 heteroatoms. The molecule has 0 aromatic carbocycles. The van der Waals surface area contributed by atoms with Crippen LogP contribution < -0.4 is 0 Å². The molecule has 1 aliphatic rings. The minimum absolute atomic E-state index is 0.608. The zero-order valence-electron chi connectivity index (χ0n) is 10.2. The summed E-state index contributed by atoms with van der Waals surface area (Å²) in [6, 6.07) is 1.22. The number of rotatable bonds is 3. The number of hydrogen-bond acceptors (Lipinski definition) is 0. The van der Waals surface area contributed by atoms with E-state index in [-0.39, 0.29) is 0 Å². The molecule has 0 aromatic rings. The molecular formula is C12H25N2+. The van der Waals surface area contributed by atoms with Gasteiger partial charge in [0.2, 0.25) is 6.34 Å². The summed E-state index contributed by atoms with van der Waals surface area (Å²) in [5, 5.41) is 0. The predicted octanol–water partition coefficient (Wildman–Crippen LogP) is 2.33. The van der Waals surface area contributed by atoms with Gasteiger partial charge in [0.15, 0.2) is 0 Å². The van der Waals surface area contributed by atoms with Gasteiger partial charge in [-0.1, -0.05) is 0 Å². The third kappa shape index (κ3) is 3.32. The molecule has 0 bridgehead atoms. The van der Waals surface area contributed by atoms with Crippen LogP contribution in [0.4, 0.5) is 0 Å². The summed E-state index contributed by atoms with van der Waals surface area (Å²) in [4.78, 5) is 2.45. The highest BCUT2D eigenvalue weighted by molar-refractivity contribution is 5.49. The van der Waals surface area contributed by atoms with Crippen molar-refractivity contribution in [3.8, 4) is 0 Å². The lowest BCUT2D eigenvalue weighted by Gasteiger charge is -2.24. The van der Waals surface area contributed by atoms with Gasteiger partial charge in [-0.05, 0) is 47.0 Å². The molecule has 0 aliphatic carbocycles. The normalized spacial score (nSPS) is 17.7. The van der Waals surface area contributed by atoms with Crippen molar-refractivity contribution in [1.82, 2.24) is 4.90 Å². The molecule has 2 nitrogen and oxygen atoms in total. The van der Waals surface area contributed by atoms with E-state index in [9.17, 15) is 0 Å². The molecule has 0 atom stereocenters. The quantitative estimate of drug-likeness (QED) is 0.497. The van der Waals surface area contributed by atoms with Gasteiger partial charge in [-0.25, -0.2) is 0 Å². The first-order chi connectivity index (χ1) is 6.61. The van der Waals surface area contributed by atoms with Gasteiger partial charge in [-0.15, -0.1) is 0 Å². The van der Waals surface area contributed by atoms with Crippen LogP contribution in [-0.2, 0) is 0 Å². The van der Waals surface area contributed by atoms with Gasteiger partial charge >= 0.3 is 0 Å². The fourth-order valence-corrected chi connectivity index (χ4v) is 2.09. The lowest BCUT2D eigenvalue weighted by Crippen LogP contribution is -2.40. The largest absolute Gasteiger partial charge is 0.268 e. The van der Waals surface area contributed by atoms with Crippen LogP contribution in [-0.4, -0.2) is 41.0 Å². The Morgan fingerprint density at radius 2 is 1.43 bits per heavy atom. The van der Waals surface area contributed by atoms with E-state index in [1.54, 1.807) is 0 Å². The van der Waals surface area contributed by atoms with Crippen LogP contribution in [0.25, 0.3) is 0 Å². The van der Waals surface area contributed by atoms with Crippen molar-refractivity contribution in [1.29, 1.82) is 0 Å². The van der Waals surface area contributed by atoms with E-state index in [1.165, 1.54) is 32.4 Å². The summed E-state index contributed by atoms with van der Waals surface area (Å²) in [5.74, 6) is 0. The maximum absolute atomic E-state index is 2.48. The Labute approximate surface area is 88.6 Å². The Kier molecular flexibility index (Phi) is 4.43. The van der Waals surface area contributed by atoms with Gasteiger partial charge in [0.1, 0.15) is 0 Å². The van der Waals surface area contributed by atoms with Crippen LogP contribution in [0.5, 0.6) is 0 Å². The second-order valence-corrected chi connectivity index (χ2v) is 4.85. The summed E-state index contributed by atoms with van der Waals surface area (Å²) in [6.07, 6.45) is 6.48. The molecule has 1 rings (SSSR count). The number of nitrogens with zero attached hydrogens (tertiary/aromatic N) is 2. The topological polar surface area (TPSA) is 6.25 Å². The summed E-state index contributed by atoms with van der Waals surface area (Å²) in [6.45, 7) is 11.5. The van der Waals surface area contributed by atoms with E-state index < -0.39 is 0 Å². The van der Waals surface area contributed by atoms with Crippen LogP contribution >= 0.6 is 0 Å². The van der Waals surface area contributed by atoms with Crippen LogP contribution in [0.1, 0.15) is 47.0 Å². The summed E-state index contributed by atoms with van der Waals surface area (Å²) >= 11 is 0. The SMILES string of the molecule is CC(C)N(C=[N+]1CCCCC1)C(C)C. The zero-order chi connectivity index (χ0) is 10.6. The molecule has 1 fully saturated rings. The van der Waals surface area contributed by atoms with Crippen molar-refractivity contribution in [2.24, 2.45) is 0 Å². The molecule has 82 valence electrons. The minimum Gasteiger partial charge on any atom is -0.268 e. The maximum atomic E-state index is 2.48. The van der Waals surface area contributed by atoms with Crippen molar-refractivity contribution < 1.29 is 4.58 Å². The van der Waals surface area contributed by atoms with Gasteiger partial charge in [0.25, 0.3) is 0 Å². The smallest absolute Gasteiger partial charge is 0.234 e. The molecule has 0 unspecified atom stereocenters. The van der Waals surface area contributed by atoms with Crippen LogP contribution in [0.3, 0.4) is 0 Å². The molecular weight excluding hydrogens is 172 g/mol. The first-order valence-corrected chi connectivity index (χ1v) is 5.97. The third-order valence-corrected chi connectivity index (χ3v) is 2.88. The highest BCUT2D eigenvalue weighted by Gasteiger charge is 2.18. The molecule has 1 saturated heterocycles. The first kappa shape index (κ1) is 11.5. The van der Waals surface area contributed by atoms with Gasteiger partial charge in [-0.3, -0.25) is 9.48 Å². The fourth-order valence-electron chi connectivity index (χ4n) is 2.09. The highest BCUT2D eigenvalue weighted by Crippen LogP contribution is 2.06. The summed E-state index contributed by atoms with van der Waals surface area (Å²) in [7, 11) is 0. The van der Waals surface area contributed by atoms with Crippen LogP contribution in [0.15, 0.2) is 0 Å². The molecule has 0 saturated carbocycles. The van der Waals surface area contributed by atoms with Gasteiger partial charge < -0.3 is 0 Å². The predicted molar refractivity (Wildman–Crippen MR) is 62.0 cm³/mol. The van der Waals surface area contributed by atoms with E-state index in [2.05, 4.69) is 43.5 Å². The van der Waals surface area contributed by atoms with Crippen molar-refractivity contribution in [3.05, 3.63) is 0 Å². The molecule has 0 amide bonds. The maximum Gasteiger partial charge on any atom is 0.234 e. The minimum atomic E-state index is 0.608. The average Bonchev–Trinajstić information content (AvgIpc) is 2.15. The van der Waals surface area contributed by atoms with E-state index in [0.717, 1.165) is 0 Å². The van der Waals surface area contributed by atoms with Crippen molar-refractivity contribution in [2.45, 2.75) is 59.0 Å². The van der Waals surface area contributed by atoms with Crippen molar-refractivity contribution >= 4 is 6.34 Å². The lowest BCUT2D eigenvalue weighted by atomic mass is 10.2. The van der Waals surface area contributed by atoms with Gasteiger partial charge in [0, 0.05) is 0 Å². The first-order valence-electron chi connectivity index (χ1n) is 5.97. The second kappa shape index (κ2) is 5.38. The second-order valence-electron chi connectivity index (χ2n) is 4.85. The van der Waals surface area contributed by atoms with Gasteiger partial charge in [0.05, 0.1) is 25.2 Å². The highest BCUT2D eigenvalue weighted by atomic mass is 15.2. The van der Waals surface area contributed by atoms with Crippen LogP contribution in [0, 0.1) is 0 Å². The van der Waals surface area contributed by atoms with E-state index in [4.69, 9.17) is 0 Å². The number of piperidine rings is 1. The Morgan fingerprint density at radius 3 is 1.86 bits per heavy atom. The Hall–Kier alpha value is -0.530. The monoisotopic (exact) mass is 197 g/mol. The lowest BCUT2D eigenvalue weighted by molar-refractivity contribution is -0.537. The van der Waals surface area contributed by atoms with Gasteiger partial charge in [-0.2, -0.15) is 0 Å². The average molecular weight is 197 g/mol. The van der Waals surface area contributed by atoms with Crippen LogP contribution in [0.2, 0.25) is 0 Å². The molecule has 0 aromatic heterocycles. The summed E-state index contributed by atoms with van der Waals surface area (Å²) in [5.41, 5.74) is 0. The number of hydrogen-bond donors (Lipinski definition) is 0. The van der Waals surface area contributed by atoms with E-state index in [1.807, 2.05) is 0 Å². The van der Waals surface area contributed by atoms with Crippen molar-refractivity contribution in [2.75, 3.05) is 13.1 Å². The molecule has 14 heavy (non-hydrogen) atoms. The standard InChI is InChI=1S/C12H25N2/c1-11(2)14(12(3)4)10-13-8-6-5-7-9-13/h10-12H,5-9H2,1-4H3/q+1. The molecule has 0 radical (unpaired) electrons. The Bertz CT molecular complexity index is 178. The third-order valence-electron chi connectivity index (χ3n) is 2.88. The van der Waals surface area contributed by atoms with E-state index in [0.29, 0.717) is 12.1 Å². The zero-order valence-corrected chi connectivity index (χ0v) is 10.2. The summed E-state index contributed by atoms with van der Waals surface area (Å²) < 4.78 is 2.48.